The lowest BCUT2D eigenvalue weighted by Crippen LogP contribution is -2.23. The predicted molar refractivity (Wildman–Crippen MR) is 69.9 cm³/mol. The maximum atomic E-state index is 12.2. The largest absolute Gasteiger partial charge is 0.389 e. The van der Waals surface area contributed by atoms with Crippen LogP contribution in [0.3, 0.4) is 0 Å². The molecule has 0 saturated heterocycles. The van der Waals surface area contributed by atoms with E-state index in [2.05, 4.69) is 10.3 Å². The minimum Gasteiger partial charge on any atom is -0.310 e. The summed E-state index contributed by atoms with van der Waals surface area (Å²) in [6.07, 6.45) is 0.249. The van der Waals surface area contributed by atoms with Crippen molar-refractivity contribution in [3.8, 4) is 0 Å². The van der Waals surface area contributed by atoms with E-state index in [0.29, 0.717) is 6.42 Å². The molecule has 0 aliphatic heterocycles. The molecule has 1 aromatic heterocycles. The van der Waals surface area contributed by atoms with Crippen molar-refractivity contribution in [2.24, 2.45) is 0 Å². The van der Waals surface area contributed by atoms with Crippen molar-refractivity contribution in [1.82, 2.24) is 10.3 Å². The summed E-state index contributed by atoms with van der Waals surface area (Å²) >= 11 is 0. The lowest BCUT2D eigenvalue weighted by atomic mass is 10.0. The van der Waals surface area contributed by atoms with Crippen LogP contribution in [0.25, 0.3) is 0 Å². The number of hydrogen-bond acceptors (Lipinski definition) is 2. The molecule has 19 heavy (non-hydrogen) atoms. The van der Waals surface area contributed by atoms with Crippen LogP contribution in [0.4, 0.5) is 13.2 Å². The van der Waals surface area contributed by atoms with E-state index < -0.39 is 12.6 Å². The van der Waals surface area contributed by atoms with E-state index in [9.17, 15) is 13.2 Å². The highest BCUT2D eigenvalue weighted by molar-refractivity contribution is 5.20. The van der Waals surface area contributed by atoms with Gasteiger partial charge >= 0.3 is 6.18 Å². The van der Waals surface area contributed by atoms with E-state index in [4.69, 9.17) is 0 Å². The molecule has 0 spiro atoms. The van der Waals surface area contributed by atoms with Gasteiger partial charge in [0.25, 0.3) is 0 Å². The van der Waals surface area contributed by atoms with Gasteiger partial charge in [0.2, 0.25) is 0 Å². The fourth-order valence-electron chi connectivity index (χ4n) is 1.98. The van der Waals surface area contributed by atoms with Crippen LogP contribution in [-0.2, 0) is 0 Å². The summed E-state index contributed by atoms with van der Waals surface area (Å²) in [4.78, 5) is 4.11. The number of hydrogen-bond donors (Lipinski definition) is 1. The molecule has 1 N–H and O–H groups in total. The Hall–Kier alpha value is -1.10. The average molecular weight is 274 g/mol. The van der Waals surface area contributed by atoms with Crippen LogP contribution >= 0.6 is 0 Å². The molecular formula is C14H21F3N2. The van der Waals surface area contributed by atoms with Gasteiger partial charge in [-0.05, 0) is 43.9 Å². The molecule has 0 aliphatic carbocycles. The fourth-order valence-corrected chi connectivity index (χ4v) is 1.98. The minimum atomic E-state index is -4.07. The Bertz CT molecular complexity index is 377. The van der Waals surface area contributed by atoms with Gasteiger partial charge < -0.3 is 5.32 Å². The molecule has 2 nitrogen and oxygen atoms in total. The molecule has 1 heterocycles. The van der Waals surface area contributed by atoms with Crippen molar-refractivity contribution in [1.29, 1.82) is 0 Å². The van der Waals surface area contributed by atoms with E-state index in [1.54, 1.807) is 12.4 Å². The number of nitrogens with zero attached hydrogens (tertiary/aromatic N) is 1. The summed E-state index contributed by atoms with van der Waals surface area (Å²) in [5.41, 5.74) is 1.99. The molecule has 1 aromatic rings. The number of aryl methyl sites for hydroxylation is 1. The first-order valence-electron chi connectivity index (χ1n) is 6.64. The van der Waals surface area contributed by atoms with Gasteiger partial charge in [-0.3, -0.25) is 4.98 Å². The third-order valence-electron chi connectivity index (χ3n) is 2.89. The number of alkyl halides is 3. The smallest absolute Gasteiger partial charge is 0.310 e. The van der Waals surface area contributed by atoms with E-state index in [-0.39, 0.29) is 12.5 Å². The molecule has 0 fully saturated rings. The maximum Gasteiger partial charge on any atom is 0.389 e. The SMILES string of the molecule is CCCNC(CCCC(F)(F)F)c1cncc(C)c1. The van der Waals surface area contributed by atoms with E-state index in [0.717, 1.165) is 24.1 Å². The Kier molecular flexibility index (Phi) is 6.28. The van der Waals surface area contributed by atoms with E-state index in [1.807, 2.05) is 19.9 Å². The monoisotopic (exact) mass is 274 g/mol. The second kappa shape index (κ2) is 7.48. The van der Waals surface area contributed by atoms with Crippen LogP contribution in [0.2, 0.25) is 0 Å². The fraction of sp³-hybridized carbons (Fsp3) is 0.643. The summed E-state index contributed by atoms with van der Waals surface area (Å²) in [7, 11) is 0. The van der Waals surface area contributed by atoms with Crippen molar-refractivity contribution in [3.05, 3.63) is 29.6 Å². The molecule has 5 heteroatoms. The first-order chi connectivity index (χ1) is 8.92. The third-order valence-corrected chi connectivity index (χ3v) is 2.89. The van der Waals surface area contributed by atoms with Gasteiger partial charge in [-0.15, -0.1) is 0 Å². The Labute approximate surface area is 112 Å². The van der Waals surface area contributed by atoms with E-state index in [1.165, 1.54) is 0 Å². The Morgan fingerprint density at radius 3 is 2.63 bits per heavy atom. The highest BCUT2D eigenvalue weighted by Crippen LogP contribution is 2.26. The quantitative estimate of drug-likeness (QED) is 0.807. The molecule has 0 bridgehead atoms. The Morgan fingerprint density at radius 1 is 1.32 bits per heavy atom. The minimum absolute atomic E-state index is 0.0466. The molecular weight excluding hydrogens is 253 g/mol. The van der Waals surface area contributed by atoms with Crippen LogP contribution < -0.4 is 5.32 Å². The Morgan fingerprint density at radius 2 is 2.05 bits per heavy atom. The number of rotatable bonds is 7. The lowest BCUT2D eigenvalue weighted by molar-refractivity contribution is -0.135. The molecule has 108 valence electrons. The molecule has 1 rings (SSSR count). The molecule has 1 unspecified atom stereocenters. The van der Waals surface area contributed by atoms with Gasteiger partial charge in [0.05, 0.1) is 0 Å². The van der Waals surface area contributed by atoms with Crippen molar-refractivity contribution in [3.63, 3.8) is 0 Å². The van der Waals surface area contributed by atoms with Gasteiger partial charge in [0, 0.05) is 24.9 Å². The van der Waals surface area contributed by atoms with Crippen molar-refractivity contribution in [2.45, 2.75) is 51.7 Å². The van der Waals surface area contributed by atoms with Crippen LogP contribution in [-0.4, -0.2) is 17.7 Å². The molecule has 1 atom stereocenters. The van der Waals surface area contributed by atoms with Crippen LogP contribution in [0.5, 0.6) is 0 Å². The zero-order valence-electron chi connectivity index (χ0n) is 11.4. The average Bonchev–Trinajstić information content (AvgIpc) is 2.32. The van der Waals surface area contributed by atoms with Crippen LogP contribution in [0, 0.1) is 6.92 Å². The second-order valence-electron chi connectivity index (χ2n) is 4.81. The van der Waals surface area contributed by atoms with Crippen LogP contribution in [0.15, 0.2) is 18.5 Å². The summed E-state index contributed by atoms with van der Waals surface area (Å²) in [6, 6.07) is 1.93. The number of nitrogens with one attached hydrogen (secondary N) is 1. The first-order valence-corrected chi connectivity index (χ1v) is 6.64. The van der Waals surface area contributed by atoms with Crippen molar-refractivity contribution < 1.29 is 13.2 Å². The highest BCUT2D eigenvalue weighted by Gasteiger charge is 2.26. The summed E-state index contributed by atoms with van der Waals surface area (Å²) in [5.74, 6) is 0. The molecule has 0 amide bonds. The predicted octanol–water partition coefficient (Wildman–Crippen LogP) is 4.16. The zero-order valence-corrected chi connectivity index (χ0v) is 11.4. The summed E-state index contributed by atoms with van der Waals surface area (Å²) in [6.45, 7) is 4.77. The number of halogens is 3. The van der Waals surface area contributed by atoms with Gasteiger partial charge in [-0.25, -0.2) is 0 Å². The topological polar surface area (TPSA) is 24.9 Å². The zero-order chi connectivity index (χ0) is 14.3. The number of aromatic nitrogens is 1. The number of pyridine rings is 1. The first kappa shape index (κ1) is 16.0. The summed E-state index contributed by atoms with van der Waals surface area (Å²) < 4.78 is 36.6. The molecule has 0 aromatic carbocycles. The highest BCUT2D eigenvalue weighted by atomic mass is 19.4. The molecule has 0 saturated carbocycles. The lowest BCUT2D eigenvalue weighted by Gasteiger charge is -2.19. The van der Waals surface area contributed by atoms with Crippen molar-refractivity contribution >= 4 is 0 Å². The second-order valence-corrected chi connectivity index (χ2v) is 4.81. The van der Waals surface area contributed by atoms with Crippen molar-refractivity contribution in [2.75, 3.05) is 6.54 Å². The van der Waals surface area contributed by atoms with Crippen LogP contribution in [0.1, 0.15) is 49.8 Å². The van der Waals surface area contributed by atoms with Gasteiger partial charge in [0.1, 0.15) is 0 Å². The standard InChI is InChI=1S/C14H21F3N2/c1-3-7-19-13(5-4-6-14(15,16)17)12-8-11(2)9-18-10-12/h8-10,13,19H,3-7H2,1-2H3. The molecule has 0 aliphatic rings. The third kappa shape index (κ3) is 6.57. The normalized spacial score (nSPS) is 13.5. The van der Waals surface area contributed by atoms with E-state index >= 15 is 0 Å². The summed E-state index contributed by atoms with van der Waals surface area (Å²) in [5, 5.41) is 3.29. The maximum absolute atomic E-state index is 12.2. The van der Waals surface area contributed by atoms with Gasteiger partial charge in [-0.1, -0.05) is 13.0 Å². The Balaban J connectivity index is 2.61. The molecule has 0 radical (unpaired) electrons. The van der Waals surface area contributed by atoms with Gasteiger partial charge in [0.15, 0.2) is 0 Å². The van der Waals surface area contributed by atoms with Gasteiger partial charge in [-0.2, -0.15) is 13.2 Å².